The third-order valence-corrected chi connectivity index (χ3v) is 6.35. The first-order valence-electron chi connectivity index (χ1n) is 7.69. The van der Waals surface area contributed by atoms with E-state index in [4.69, 9.17) is 4.74 Å². The van der Waals surface area contributed by atoms with Crippen LogP contribution in [0, 0.1) is 6.92 Å². The van der Waals surface area contributed by atoms with E-state index < -0.39 is 15.6 Å². The van der Waals surface area contributed by atoms with Crippen molar-refractivity contribution in [3.8, 4) is 5.88 Å². The Labute approximate surface area is 136 Å². The summed E-state index contributed by atoms with van der Waals surface area (Å²) in [5.74, 6) is 0.234. The highest BCUT2D eigenvalue weighted by Crippen LogP contribution is 2.45. The van der Waals surface area contributed by atoms with E-state index in [-0.39, 0.29) is 10.8 Å². The summed E-state index contributed by atoms with van der Waals surface area (Å²) in [5.41, 5.74) is 1.69. The molecule has 0 saturated heterocycles. The van der Waals surface area contributed by atoms with Gasteiger partial charge in [-0.2, -0.15) is 4.31 Å². The van der Waals surface area contributed by atoms with Gasteiger partial charge in [-0.15, -0.1) is 0 Å². The fourth-order valence-electron chi connectivity index (χ4n) is 2.95. The second-order valence-corrected chi connectivity index (χ2v) is 8.20. The first kappa shape index (κ1) is 14.7. The lowest BCUT2D eigenvalue weighted by Gasteiger charge is -2.23. The summed E-state index contributed by atoms with van der Waals surface area (Å²) in [4.78, 5) is 4.31. The number of fused-ring (bicyclic) bond motifs is 1. The fraction of sp³-hybridized carbons (Fsp3) is 0.353. The van der Waals surface area contributed by atoms with Gasteiger partial charge in [0.25, 0.3) is 0 Å². The Morgan fingerprint density at radius 1 is 1.22 bits per heavy atom. The molecular weight excluding hydrogens is 312 g/mol. The van der Waals surface area contributed by atoms with Gasteiger partial charge in [-0.05, 0) is 43.0 Å². The van der Waals surface area contributed by atoms with E-state index in [1.165, 1.54) is 4.31 Å². The maximum Gasteiger partial charge on any atom is 0.248 e. The summed E-state index contributed by atoms with van der Waals surface area (Å²) < 4.78 is 33.6. The van der Waals surface area contributed by atoms with Crippen molar-refractivity contribution in [1.82, 2.24) is 9.29 Å². The maximum absolute atomic E-state index is 13.1. The minimum atomic E-state index is -3.62. The van der Waals surface area contributed by atoms with Crippen LogP contribution in [0.25, 0.3) is 0 Å². The number of benzene rings is 1. The molecule has 0 atom stereocenters. The van der Waals surface area contributed by atoms with Crippen LogP contribution >= 0.6 is 0 Å². The van der Waals surface area contributed by atoms with Crippen LogP contribution in [0.3, 0.4) is 0 Å². The van der Waals surface area contributed by atoms with E-state index in [9.17, 15) is 8.42 Å². The Bertz CT molecular complexity index is 860. The molecule has 4 rings (SSSR count). The summed E-state index contributed by atoms with van der Waals surface area (Å²) in [6.45, 7) is 2.73. The van der Waals surface area contributed by atoms with E-state index in [0.717, 1.165) is 24.0 Å². The van der Waals surface area contributed by atoms with Crippen LogP contribution in [0.4, 0.5) is 0 Å². The first-order chi connectivity index (χ1) is 11.0. The van der Waals surface area contributed by atoms with Gasteiger partial charge in [-0.1, -0.05) is 24.3 Å². The Kier molecular flexibility index (Phi) is 3.21. The maximum atomic E-state index is 13.1. The average molecular weight is 330 g/mol. The lowest BCUT2D eigenvalue weighted by molar-refractivity contribution is 0.144. The number of hydrogen-bond donors (Lipinski definition) is 0. The molecule has 2 aliphatic rings. The lowest BCUT2D eigenvalue weighted by atomic mass is 10.1. The molecule has 120 valence electrons. The van der Waals surface area contributed by atoms with Crippen molar-refractivity contribution in [2.24, 2.45) is 0 Å². The van der Waals surface area contributed by atoms with E-state index in [2.05, 4.69) is 4.98 Å². The lowest BCUT2D eigenvalue weighted by Crippen LogP contribution is -2.38. The highest BCUT2D eigenvalue weighted by atomic mass is 32.2. The smallest absolute Gasteiger partial charge is 0.248 e. The van der Waals surface area contributed by atoms with Crippen molar-refractivity contribution in [2.75, 3.05) is 6.54 Å². The molecule has 0 bridgehead atoms. The number of sulfonamides is 1. The normalized spacial score (nSPS) is 21.3. The third-order valence-electron chi connectivity index (χ3n) is 4.55. The van der Waals surface area contributed by atoms with Gasteiger partial charge in [0.2, 0.25) is 15.9 Å². The Morgan fingerprint density at radius 3 is 2.74 bits per heavy atom. The van der Waals surface area contributed by atoms with Crippen molar-refractivity contribution in [3.63, 3.8) is 0 Å². The molecule has 6 heteroatoms. The molecule has 0 unspecified atom stereocenters. The van der Waals surface area contributed by atoms with E-state index >= 15 is 0 Å². The van der Waals surface area contributed by atoms with Crippen LogP contribution in [-0.4, -0.2) is 29.9 Å². The monoisotopic (exact) mass is 330 g/mol. The summed E-state index contributed by atoms with van der Waals surface area (Å²) in [6.07, 6.45) is 3.30. The number of aromatic nitrogens is 1. The molecule has 1 aromatic carbocycles. The summed E-state index contributed by atoms with van der Waals surface area (Å²) in [6, 6.07) is 11.1. The highest BCUT2D eigenvalue weighted by molar-refractivity contribution is 7.89. The zero-order chi connectivity index (χ0) is 16.1. The molecule has 2 aromatic rings. The molecule has 23 heavy (non-hydrogen) atoms. The van der Waals surface area contributed by atoms with Crippen LogP contribution in [0.5, 0.6) is 5.88 Å². The zero-order valence-electron chi connectivity index (χ0n) is 12.9. The fourth-order valence-corrected chi connectivity index (χ4v) is 4.51. The first-order valence-corrected chi connectivity index (χ1v) is 9.13. The molecule has 0 amide bonds. The Balaban J connectivity index is 1.78. The van der Waals surface area contributed by atoms with Crippen molar-refractivity contribution in [2.45, 2.75) is 36.8 Å². The summed E-state index contributed by atoms with van der Waals surface area (Å²) >= 11 is 0. The Hall–Kier alpha value is -1.92. The van der Waals surface area contributed by atoms with Crippen LogP contribution in [0.1, 0.15) is 24.0 Å². The molecule has 1 aliphatic heterocycles. The predicted molar refractivity (Wildman–Crippen MR) is 85.6 cm³/mol. The molecule has 5 nitrogen and oxygen atoms in total. The van der Waals surface area contributed by atoms with Crippen LogP contribution in [0.2, 0.25) is 0 Å². The number of nitrogens with zero attached hydrogens (tertiary/aromatic N) is 2. The standard InChI is InChI=1S/C17H18N2O3S/c1-13-5-2-3-6-14(13)11-19-12-17(8-9-17)22-16-15(23(19,20)21)7-4-10-18-16/h2-7,10H,8-9,11-12H2,1H3. The highest BCUT2D eigenvalue weighted by Gasteiger charge is 2.52. The quantitative estimate of drug-likeness (QED) is 0.849. The van der Waals surface area contributed by atoms with Crippen molar-refractivity contribution < 1.29 is 13.2 Å². The molecule has 0 N–H and O–H groups in total. The van der Waals surface area contributed by atoms with Crippen molar-refractivity contribution in [1.29, 1.82) is 0 Å². The van der Waals surface area contributed by atoms with Gasteiger partial charge < -0.3 is 4.74 Å². The van der Waals surface area contributed by atoms with Gasteiger partial charge in [0.05, 0.1) is 6.54 Å². The van der Waals surface area contributed by atoms with E-state index in [0.29, 0.717) is 13.1 Å². The minimum absolute atomic E-state index is 0.164. The molecule has 1 spiro atoms. The largest absolute Gasteiger partial charge is 0.469 e. The summed E-state index contributed by atoms with van der Waals surface area (Å²) in [5, 5.41) is 0. The van der Waals surface area contributed by atoms with Crippen molar-refractivity contribution in [3.05, 3.63) is 53.7 Å². The van der Waals surface area contributed by atoms with Crippen LogP contribution in [0.15, 0.2) is 47.5 Å². The molecule has 1 aliphatic carbocycles. The van der Waals surface area contributed by atoms with Crippen molar-refractivity contribution >= 4 is 10.0 Å². The topological polar surface area (TPSA) is 59.5 Å². The van der Waals surface area contributed by atoms with Gasteiger partial charge in [-0.3, -0.25) is 0 Å². The van der Waals surface area contributed by atoms with E-state index in [1.807, 2.05) is 31.2 Å². The molecule has 1 saturated carbocycles. The number of aryl methyl sites for hydroxylation is 1. The molecular formula is C17H18N2O3S. The number of rotatable bonds is 2. The average Bonchev–Trinajstić information content (AvgIpc) is 3.29. The van der Waals surface area contributed by atoms with Gasteiger partial charge in [0.15, 0.2) is 0 Å². The molecule has 2 heterocycles. The second-order valence-electron chi connectivity index (χ2n) is 6.29. The Morgan fingerprint density at radius 2 is 2.00 bits per heavy atom. The van der Waals surface area contributed by atoms with Gasteiger partial charge >= 0.3 is 0 Å². The number of hydrogen-bond acceptors (Lipinski definition) is 4. The third kappa shape index (κ3) is 2.52. The summed E-state index contributed by atoms with van der Waals surface area (Å²) in [7, 11) is -3.62. The SMILES string of the molecule is Cc1ccccc1CN1CC2(CC2)Oc2ncccc2S1(=O)=O. The van der Waals surface area contributed by atoms with Crippen LogP contribution in [-0.2, 0) is 16.6 Å². The predicted octanol–water partition coefficient (Wildman–Crippen LogP) is 2.51. The molecule has 0 radical (unpaired) electrons. The molecule has 1 fully saturated rings. The van der Waals surface area contributed by atoms with Gasteiger partial charge in [-0.25, -0.2) is 13.4 Å². The minimum Gasteiger partial charge on any atom is -0.469 e. The number of pyridine rings is 1. The second kappa shape index (κ2) is 5.04. The van der Waals surface area contributed by atoms with Gasteiger partial charge in [0.1, 0.15) is 10.5 Å². The van der Waals surface area contributed by atoms with E-state index in [1.54, 1.807) is 18.3 Å². The van der Waals surface area contributed by atoms with Crippen LogP contribution < -0.4 is 4.74 Å². The molecule has 1 aromatic heterocycles. The zero-order valence-corrected chi connectivity index (χ0v) is 13.7. The number of ether oxygens (including phenoxy) is 1. The van der Waals surface area contributed by atoms with Gasteiger partial charge in [0, 0.05) is 12.7 Å².